The summed E-state index contributed by atoms with van der Waals surface area (Å²) in [7, 11) is 0. The van der Waals surface area contributed by atoms with Crippen molar-refractivity contribution < 1.29 is 8.53 Å². The number of rotatable bonds is 9. The third-order valence-electron chi connectivity index (χ3n) is 13.6. The summed E-state index contributed by atoms with van der Waals surface area (Å²) in [6, 6.07) is 47.6. The summed E-state index contributed by atoms with van der Waals surface area (Å²) in [5.74, 6) is 2.29. The van der Waals surface area contributed by atoms with Gasteiger partial charge in [-0.2, -0.15) is 0 Å². The molecule has 2 aromatic heterocycles. The molecule has 0 aliphatic rings. The minimum Gasteiger partial charge on any atom is -0.455 e. The van der Waals surface area contributed by atoms with Crippen molar-refractivity contribution in [3.05, 3.63) is 167 Å². The van der Waals surface area contributed by atoms with Crippen LogP contribution in [0, 0.1) is 6.85 Å². The highest BCUT2D eigenvalue weighted by molar-refractivity contribution is 6.18. The van der Waals surface area contributed by atoms with Crippen LogP contribution in [0.25, 0.3) is 93.8 Å². The van der Waals surface area contributed by atoms with E-state index in [1.54, 1.807) is 6.07 Å². The topological polar surface area (TPSA) is 31.0 Å². The van der Waals surface area contributed by atoms with Gasteiger partial charge in [0.05, 0.1) is 22.3 Å². The molecular formula is C61H60N2O. The third kappa shape index (κ3) is 6.83. The van der Waals surface area contributed by atoms with Crippen LogP contribution in [0.5, 0.6) is 0 Å². The number of hydrogen-bond acceptors (Lipinski definition) is 2. The number of aromatic nitrogens is 2. The van der Waals surface area contributed by atoms with Crippen molar-refractivity contribution in [2.24, 2.45) is 0 Å². The molecule has 0 amide bonds. The van der Waals surface area contributed by atoms with Gasteiger partial charge in [-0.1, -0.05) is 160 Å². The standard InChI is InChI=1S/C61H60N2O/c1-34(2)44-29-48(35(3)4)58(49(30-44)36(5)6)42-24-21-40(22-25-42)45-31-50(37(7)8)59(51(32-45)38(9)10)63-55-19-15-14-18-54(55)62-61(63)47-27-20-39(11)57-53-28-43-26-23-41-16-12-13-17-46(41)52(43)33-56(53)64-60(47)57/h12-38H,1-11H3/i11D3. The fourth-order valence-corrected chi connectivity index (χ4v) is 10.1. The van der Waals surface area contributed by atoms with Crippen LogP contribution in [0.1, 0.15) is 136 Å². The molecule has 2 heterocycles. The van der Waals surface area contributed by atoms with E-state index >= 15 is 0 Å². The second-order valence-corrected chi connectivity index (χ2v) is 19.5. The lowest BCUT2D eigenvalue weighted by molar-refractivity contribution is 0.670. The summed E-state index contributed by atoms with van der Waals surface area (Å²) in [5, 5.41) is 5.74. The molecule has 0 saturated carbocycles. The van der Waals surface area contributed by atoms with E-state index < -0.39 is 6.85 Å². The maximum absolute atomic E-state index is 8.72. The minimum absolute atomic E-state index is 0.161. The Kier molecular flexibility index (Phi) is 9.49. The first-order valence-electron chi connectivity index (χ1n) is 24.8. The molecule has 10 aromatic rings. The predicted octanol–water partition coefficient (Wildman–Crippen LogP) is 18.2. The average molecular weight is 840 g/mol. The number of benzene rings is 8. The summed E-state index contributed by atoms with van der Waals surface area (Å²) in [6.07, 6.45) is 0. The lowest BCUT2D eigenvalue weighted by Gasteiger charge is -2.25. The molecule has 0 fully saturated rings. The summed E-state index contributed by atoms with van der Waals surface area (Å²) in [6.45, 7) is 20.5. The number of nitrogens with zero attached hydrogens (tertiary/aromatic N) is 2. The molecule has 10 rings (SSSR count). The molecule has 0 aliphatic heterocycles. The van der Waals surface area contributed by atoms with Gasteiger partial charge in [0.25, 0.3) is 0 Å². The van der Waals surface area contributed by atoms with E-state index in [9.17, 15) is 0 Å². The van der Waals surface area contributed by atoms with Gasteiger partial charge in [0, 0.05) is 14.9 Å². The molecule has 0 atom stereocenters. The molecule has 0 spiro atoms. The molecule has 0 saturated heterocycles. The van der Waals surface area contributed by atoms with Gasteiger partial charge >= 0.3 is 0 Å². The molecule has 320 valence electrons. The van der Waals surface area contributed by atoms with Crippen molar-refractivity contribution in [1.29, 1.82) is 0 Å². The van der Waals surface area contributed by atoms with Crippen molar-refractivity contribution >= 4 is 54.5 Å². The number of aryl methyl sites for hydroxylation is 1. The second-order valence-electron chi connectivity index (χ2n) is 19.5. The smallest absolute Gasteiger partial charge is 0.149 e. The highest BCUT2D eigenvalue weighted by Gasteiger charge is 2.27. The van der Waals surface area contributed by atoms with Crippen LogP contribution in [0.3, 0.4) is 0 Å². The van der Waals surface area contributed by atoms with E-state index in [0.29, 0.717) is 40.1 Å². The highest BCUT2D eigenvalue weighted by Crippen LogP contribution is 2.45. The van der Waals surface area contributed by atoms with Crippen LogP contribution in [-0.2, 0) is 0 Å². The van der Waals surface area contributed by atoms with E-state index in [2.05, 4.69) is 183 Å². The minimum atomic E-state index is -2.37. The number of para-hydroxylation sites is 2. The van der Waals surface area contributed by atoms with E-state index in [4.69, 9.17) is 13.5 Å². The highest BCUT2D eigenvalue weighted by atomic mass is 16.3. The van der Waals surface area contributed by atoms with E-state index in [1.807, 2.05) is 18.2 Å². The van der Waals surface area contributed by atoms with Gasteiger partial charge in [-0.3, -0.25) is 4.57 Å². The van der Waals surface area contributed by atoms with Gasteiger partial charge in [0.2, 0.25) is 0 Å². The van der Waals surface area contributed by atoms with Gasteiger partial charge in [-0.25, -0.2) is 4.98 Å². The molecule has 3 heteroatoms. The van der Waals surface area contributed by atoms with Crippen LogP contribution < -0.4 is 0 Å². The Hall–Kier alpha value is -6.45. The molecule has 64 heavy (non-hydrogen) atoms. The Morgan fingerprint density at radius 2 is 1.14 bits per heavy atom. The Bertz CT molecular complexity index is 3490. The van der Waals surface area contributed by atoms with E-state index in [1.165, 1.54) is 50.1 Å². The molecule has 0 N–H and O–H groups in total. The molecule has 8 aromatic carbocycles. The number of imidazole rings is 1. The maximum Gasteiger partial charge on any atom is 0.149 e. The first kappa shape index (κ1) is 38.0. The first-order chi connectivity index (χ1) is 32.0. The third-order valence-corrected chi connectivity index (χ3v) is 13.6. The van der Waals surface area contributed by atoms with Gasteiger partial charge < -0.3 is 4.42 Å². The number of fused-ring (bicyclic) bond motifs is 7. The van der Waals surface area contributed by atoms with E-state index in [-0.39, 0.29) is 17.4 Å². The van der Waals surface area contributed by atoms with E-state index in [0.717, 1.165) is 49.2 Å². The molecule has 0 unspecified atom stereocenters. The van der Waals surface area contributed by atoms with Crippen molar-refractivity contribution in [1.82, 2.24) is 9.55 Å². The summed E-state index contributed by atoms with van der Waals surface area (Å²) >= 11 is 0. The van der Waals surface area contributed by atoms with Crippen molar-refractivity contribution in [3.8, 4) is 39.3 Å². The van der Waals surface area contributed by atoms with Crippen LogP contribution in [0.15, 0.2) is 138 Å². The number of furan rings is 1. The molecule has 0 bridgehead atoms. The molecular weight excluding hydrogens is 777 g/mol. The summed E-state index contributed by atoms with van der Waals surface area (Å²) < 4.78 is 35.4. The van der Waals surface area contributed by atoms with Gasteiger partial charge in [-0.15, -0.1) is 0 Å². The molecule has 0 radical (unpaired) electrons. The zero-order chi connectivity index (χ0) is 47.2. The fourth-order valence-electron chi connectivity index (χ4n) is 10.1. The van der Waals surface area contributed by atoms with Gasteiger partial charge in [0.1, 0.15) is 17.0 Å². The Morgan fingerprint density at radius 1 is 0.516 bits per heavy atom. The van der Waals surface area contributed by atoms with Gasteiger partial charge in [-0.05, 0) is 156 Å². The zero-order valence-corrected chi connectivity index (χ0v) is 38.9. The molecule has 0 aliphatic carbocycles. The Labute approximate surface area is 383 Å². The predicted molar refractivity (Wildman–Crippen MR) is 275 cm³/mol. The monoisotopic (exact) mass is 839 g/mol. The normalized spacial score (nSPS) is 13.3. The SMILES string of the molecule is [2H]C([2H])([2H])c1ccc(-c2nc3ccccc3n2-c2c(C(C)C)cc(-c3ccc(-c4c(C(C)C)cc(C(C)C)cc4C(C)C)cc3)cc2C(C)C)c2oc3cc4c(ccc5ccccc54)cc3c12. The van der Waals surface area contributed by atoms with Gasteiger partial charge in [0.15, 0.2) is 0 Å². The van der Waals surface area contributed by atoms with Crippen LogP contribution in [-0.4, -0.2) is 9.55 Å². The lowest BCUT2D eigenvalue weighted by atomic mass is 9.81. The Morgan fingerprint density at radius 3 is 1.80 bits per heavy atom. The van der Waals surface area contributed by atoms with Crippen molar-refractivity contribution in [2.75, 3.05) is 0 Å². The largest absolute Gasteiger partial charge is 0.455 e. The van der Waals surface area contributed by atoms with Crippen molar-refractivity contribution in [2.45, 2.75) is 106 Å². The second kappa shape index (κ2) is 16.0. The average Bonchev–Trinajstić information content (AvgIpc) is 3.87. The lowest BCUT2D eigenvalue weighted by Crippen LogP contribution is -2.09. The van der Waals surface area contributed by atoms with Crippen molar-refractivity contribution in [3.63, 3.8) is 0 Å². The summed E-state index contributed by atoms with van der Waals surface area (Å²) in [4.78, 5) is 5.40. The van der Waals surface area contributed by atoms with Crippen LogP contribution in [0.4, 0.5) is 0 Å². The summed E-state index contributed by atoms with van der Waals surface area (Å²) in [5.41, 5.74) is 16.7. The maximum atomic E-state index is 8.72. The number of hydrogen-bond donors (Lipinski definition) is 0. The quantitative estimate of drug-likeness (QED) is 0.136. The zero-order valence-electron chi connectivity index (χ0n) is 41.9. The first-order valence-corrected chi connectivity index (χ1v) is 23.3. The van der Waals surface area contributed by atoms with Crippen LogP contribution in [0.2, 0.25) is 0 Å². The molecule has 3 nitrogen and oxygen atoms in total. The Balaban J connectivity index is 1.19. The fraction of sp³-hybridized carbons (Fsp3) is 0.262. The van der Waals surface area contributed by atoms with Crippen LogP contribution >= 0.6 is 0 Å².